The highest BCUT2D eigenvalue weighted by atomic mass is 79.9. The van der Waals surface area contributed by atoms with Crippen molar-refractivity contribution in [3.05, 3.63) is 20.8 Å². The van der Waals surface area contributed by atoms with E-state index >= 15 is 0 Å². The number of piperidine rings is 1. The van der Waals surface area contributed by atoms with Crippen LogP contribution in [-0.4, -0.2) is 31.6 Å². The van der Waals surface area contributed by atoms with Crippen molar-refractivity contribution in [1.82, 2.24) is 10.2 Å². The molecule has 1 aliphatic heterocycles. The molecule has 0 amide bonds. The Balaban J connectivity index is 1.90. The number of rotatable bonds is 5. The van der Waals surface area contributed by atoms with Gasteiger partial charge >= 0.3 is 0 Å². The van der Waals surface area contributed by atoms with E-state index in [9.17, 15) is 0 Å². The fourth-order valence-corrected chi connectivity index (χ4v) is 4.44. The molecule has 2 nitrogen and oxygen atoms in total. The molecule has 0 aromatic carbocycles. The summed E-state index contributed by atoms with van der Waals surface area (Å²) < 4.78 is 1.21. The maximum atomic E-state index is 3.57. The maximum Gasteiger partial charge on any atom is 0.0325 e. The minimum atomic E-state index is 0.488. The van der Waals surface area contributed by atoms with E-state index in [0.29, 0.717) is 5.41 Å². The van der Waals surface area contributed by atoms with Crippen LogP contribution in [0.1, 0.15) is 31.1 Å². The van der Waals surface area contributed by atoms with E-state index < -0.39 is 0 Å². The molecule has 1 aromatic rings. The smallest absolute Gasteiger partial charge is 0.0325 e. The van der Waals surface area contributed by atoms with Crippen molar-refractivity contribution < 1.29 is 0 Å². The number of hydrogen-bond donors (Lipinski definition) is 1. The van der Waals surface area contributed by atoms with Crippen LogP contribution in [0.4, 0.5) is 0 Å². The van der Waals surface area contributed by atoms with Gasteiger partial charge in [-0.1, -0.05) is 6.92 Å². The van der Waals surface area contributed by atoms with E-state index in [4.69, 9.17) is 0 Å². The molecule has 1 fully saturated rings. The standard InChI is InChI=1S/C14H23BrN2S/c1-3-14(5-4-6-16-10-14)11-17(2)8-13-7-12(15)9-18-13/h7,9,16H,3-6,8,10-11H2,1-2H3. The Kier molecular flexibility index (Phi) is 5.24. The maximum absolute atomic E-state index is 3.57. The molecule has 0 radical (unpaired) electrons. The summed E-state index contributed by atoms with van der Waals surface area (Å²) in [6, 6.07) is 2.24. The second kappa shape index (κ2) is 6.51. The fourth-order valence-electron chi connectivity index (χ4n) is 2.91. The predicted molar refractivity (Wildman–Crippen MR) is 83.2 cm³/mol. The molecule has 0 aliphatic carbocycles. The third-order valence-electron chi connectivity index (χ3n) is 3.96. The molecule has 0 saturated carbocycles. The Hall–Kier alpha value is 0.1000. The van der Waals surface area contributed by atoms with Crippen molar-refractivity contribution in [3.8, 4) is 0 Å². The SMILES string of the molecule is CCC1(CN(C)Cc2cc(Br)cs2)CCCNC1. The lowest BCUT2D eigenvalue weighted by Crippen LogP contribution is -2.46. The molecule has 1 N–H and O–H groups in total. The largest absolute Gasteiger partial charge is 0.316 e. The van der Waals surface area contributed by atoms with Gasteiger partial charge in [0.2, 0.25) is 0 Å². The highest BCUT2D eigenvalue weighted by molar-refractivity contribution is 9.10. The topological polar surface area (TPSA) is 15.3 Å². The van der Waals surface area contributed by atoms with Gasteiger partial charge in [-0.15, -0.1) is 11.3 Å². The van der Waals surface area contributed by atoms with E-state index in [0.717, 1.165) is 6.54 Å². The Bertz CT molecular complexity index is 372. The average molecular weight is 331 g/mol. The third-order valence-corrected chi connectivity index (χ3v) is 5.65. The van der Waals surface area contributed by atoms with Crippen LogP contribution in [0.15, 0.2) is 15.9 Å². The first-order chi connectivity index (χ1) is 8.63. The van der Waals surface area contributed by atoms with Crippen LogP contribution in [0.3, 0.4) is 0 Å². The summed E-state index contributed by atoms with van der Waals surface area (Å²) in [6.07, 6.45) is 3.97. The summed E-state index contributed by atoms with van der Waals surface area (Å²) in [5.74, 6) is 0. The van der Waals surface area contributed by atoms with Crippen LogP contribution in [-0.2, 0) is 6.54 Å². The molecule has 1 unspecified atom stereocenters. The van der Waals surface area contributed by atoms with Gasteiger partial charge in [0.15, 0.2) is 0 Å². The normalized spacial score (nSPS) is 24.7. The van der Waals surface area contributed by atoms with Crippen LogP contribution in [0.5, 0.6) is 0 Å². The minimum Gasteiger partial charge on any atom is -0.316 e. The third kappa shape index (κ3) is 3.80. The van der Waals surface area contributed by atoms with Gasteiger partial charge in [-0.2, -0.15) is 0 Å². The van der Waals surface area contributed by atoms with Crippen LogP contribution < -0.4 is 5.32 Å². The van der Waals surface area contributed by atoms with Gasteiger partial charge in [0.1, 0.15) is 0 Å². The average Bonchev–Trinajstić information content (AvgIpc) is 2.75. The minimum absolute atomic E-state index is 0.488. The molecule has 0 spiro atoms. The number of nitrogens with zero attached hydrogens (tertiary/aromatic N) is 1. The summed E-state index contributed by atoms with van der Waals surface area (Å²) in [5, 5.41) is 5.74. The zero-order valence-corrected chi connectivity index (χ0v) is 13.7. The lowest BCUT2D eigenvalue weighted by Gasteiger charge is -2.39. The van der Waals surface area contributed by atoms with Crippen molar-refractivity contribution in [2.24, 2.45) is 5.41 Å². The molecule has 4 heteroatoms. The molecular weight excluding hydrogens is 308 g/mol. The number of halogens is 1. The summed E-state index contributed by atoms with van der Waals surface area (Å²) in [4.78, 5) is 3.92. The second-order valence-corrected chi connectivity index (χ2v) is 7.45. The van der Waals surface area contributed by atoms with Crippen molar-refractivity contribution >= 4 is 27.3 Å². The van der Waals surface area contributed by atoms with Gasteiger partial charge in [-0.05, 0) is 60.3 Å². The molecule has 0 bridgehead atoms. The van der Waals surface area contributed by atoms with Crippen LogP contribution in [0.2, 0.25) is 0 Å². The summed E-state index contributed by atoms with van der Waals surface area (Å²) in [5.41, 5.74) is 0.488. The Morgan fingerprint density at radius 2 is 2.39 bits per heavy atom. The lowest BCUT2D eigenvalue weighted by molar-refractivity contribution is 0.125. The highest BCUT2D eigenvalue weighted by Crippen LogP contribution is 2.31. The van der Waals surface area contributed by atoms with Gasteiger partial charge in [0.05, 0.1) is 0 Å². The molecule has 2 rings (SSSR count). The zero-order chi connectivity index (χ0) is 13.0. The Morgan fingerprint density at radius 1 is 1.56 bits per heavy atom. The van der Waals surface area contributed by atoms with Gasteiger partial charge in [0.25, 0.3) is 0 Å². The molecule has 2 heterocycles. The summed E-state index contributed by atoms with van der Waals surface area (Å²) >= 11 is 5.37. The molecule has 1 saturated heterocycles. The van der Waals surface area contributed by atoms with E-state index in [1.165, 1.54) is 48.2 Å². The van der Waals surface area contributed by atoms with Crippen molar-refractivity contribution in [2.75, 3.05) is 26.7 Å². The van der Waals surface area contributed by atoms with Crippen LogP contribution in [0, 0.1) is 5.41 Å². The Morgan fingerprint density at radius 3 is 2.94 bits per heavy atom. The molecule has 102 valence electrons. The second-order valence-electron chi connectivity index (χ2n) is 5.54. The number of nitrogens with one attached hydrogen (secondary N) is 1. The van der Waals surface area contributed by atoms with Gasteiger partial charge in [-0.25, -0.2) is 0 Å². The van der Waals surface area contributed by atoms with Crippen molar-refractivity contribution in [3.63, 3.8) is 0 Å². The number of thiophene rings is 1. The summed E-state index contributed by atoms with van der Waals surface area (Å²) in [6.45, 7) is 6.98. The first-order valence-corrected chi connectivity index (χ1v) is 8.43. The molecule has 1 aliphatic rings. The molecule has 1 aromatic heterocycles. The first kappa shape index (κ1) is 14.5. The predicted octanol–water partition coefficient (Wildman–Crippen LogP) is 3.72. The van der Waals surface area contributed by atoms with E-state index in [-0.39, 0.29) is 0 Å². The fraction of sp³-hybridized carbons (Fsp3) is 0.714. The first-order valence-electron chi connectivity index (χ1n) is 6.76. The summed E-state index contributed by atoms with van der Waals surface area (Å²) in [7, 11) is 2.25. The van der Waals surface area contributed by atoms with Gasteiger partial charge < -0.3 is 10.2 Å². The quantitative estimate of drug-likeness (QED) is 0.885. The zero-order valence-electron chi connectivity index (χ0n) is 11.3. The van der Waals surface area contributed by atoms with Crippen molar-refractivity contribution in [1.29, 1.82) is 0 Å². The van der Waals surface area contributed by atoms with E-state index in [1.807, 2.05) is 11.3 Å². The number of hydrogen-bond acceptors (Lipinski definition) is 3. The molecule has 18 heavy (non-hydrogen) atoms. The lowest BCUT2D eigenvalue weighted by atomic mass is 9.78. The molecular formula is C14H23BrN2S. The van der Waals surface area contributed by atoms with Gasteiger partial charge in [-0.3, -0.25) is 0 Å². The van der Waals surface area contributed by atoms with Crippen LogP contribution >= 0.6 is 27.3 Å². The van der Waals surface area contributed by atoms with Crippen molar-refractivity contribution in [2.45, 2.75) is 32.7 Å². The monoisotopic (exact) mass is 330 g/mol. The van der Waals surface area contributed by atoms with E-state index in [2.05, 4.69) is 51.6 Å². The van der Waals surface area contributed by atoms with Gasteiger partial charge in [0, 0.05) is 34.4 Å². The highest BCUT2D eigenvalue weighted by Gasteiger charge is 2.31. The molecule has 1 atom stereocenters. The van der Waals surface area contributed by atoms with E-state index in [1.54, 1.807) is 0 Å². The van der Waals surface area contributed by atoms with Crippen LogP contribution in [0.25, 0.3) is 0 Å². The Labute approximate surface area is 123 Å².